The maximum atomic E-state index is 12.7. The fourth-order valence-electron chi connectivity index (χ4n) is 4.64. The summed E-state index contributed by atoms with van der Waals surface area (Å²) in [5.74, 6) is -0.452. The van der Waals surface area contributed by atoms with E-state index in [1.54, 1.807) is 0 Å². The number of carbonyl (C=O) groups excluding carboxylic acids is 2. The molecule has 2 aromatic rings. The van der Waals surface area contributed by atoms with Gasteiger partial charge in [0.05, 0.1) is 0 Å². The lowest BCUT2D eigenvalue weighted by Crippen LogP contribution is -3.18. The molecule has 2 amide bonds. The molecule has 2 atom stereocenters. The van der Waals surface area contributed by atoms with Crippen molar-refractivity contribution in [2.75, 3.05) is 29.9 Å². The molecule has 2 heterocycles. The average Bonchev–Trinajstić information content (AvgIpc) is 3.03. The normalized spacial score (nSPS) is 21.4. The van der Waals surface area contributed by atoms with Gasteiger partial charge >= 0.3 is 0 Å². The van der Waals surface area contributed by atoms with Crippen LogP contribution in [-0.4, -0.2) is 37.5 Å². The van der Waals surface area contributed by atoms with Gasteiger partial charge in [0.25, 0.3) is 11.8 Å². The average molecular weight is 408 g/mol. The van der Waals surface area contributed by atoms with Crippen LogP contribution in [0.1, 0.15) is 36.8 Å². The number of amides is 2. The number of nitrogens with one attached hydrogen (secondary N) is 2. The number of nitrogens with two attached hydrogens (primary N) is 1. The van der Waals surface area contributed by atoms with Crippen LogP contribution >= 0.6 is 0 Å². The van der Waals surface area contributed by atoms with Gasteiger partial charge in [-0.1, -0.05) is 37.1 Å². The number of hydrogen-bond acceptors (Lipinski definition) is 3. The first-order chi connectivity index (χ1) is 14.6. The Hall–Kier alpha value is -2.86. The van der Waals surface area contributed by atoms with Gasteiger partial charge in [-0.3, -0.25) is 9.59 Å². The Kier molecular flexibility index (Phi) is 6.33. The van der Waals surface area contributed by atoms with Crippen molar-refractivity contribution in [2.45, 2.75) is 44.7 Å². The Morgan fingerprint density at radius 3 is 2.30 bits per heavy atom. The minimum absolute atomic E-state index is 0.0989. The first-order valence-electron chi connectivity index (χ1n) is 11.0. The zero-order valence-electron chi connectivity index (χ0n) is 17.4. The second kappa shape index (κ2) is 9.30. The predicted molar refractivity (Wildman–Crippen MR) is 118 cm³/mol. The van der Waals surface area contributed by atoms with Gasteiger partial charge in [-0.2, -0.15) is 0 Å². The smallest absolute Gasteiger partial charge is 0.279 e. The quantitative estimate of drug-likeness (QED) is 0.703. The number of hydrogen-bond donors (Lipinski definition) is 3. The van der Waals surface area contributed by atoms with Gasteiger partial charge in [0, 0.05) is 36.4 Å². The number of anilines is 2. The van der Waals surface area contributed by atoms with E-state index >= 15 is 0 Å². The molecule has 0 aromatic heterocycles. The van der Waals surface area contributed by atoms with E-state index in [0.717, 1.165) is 29.2 Å². The van der Waals surface area contributed by atoms with Crippen LogP contribution in [0.25, 0.3) is 0 Å². The minimum atomic E-state index is -0.379. The van der Waals surface area contributed by atoms with Crippen molar-refractivity contribution in [3.8, 4) is 0 Å². The van der Waals surface area contributed by atoms with Gasteiger partial charge in [0.2, 0.25) is 0 Å². The summed E-state index contributed by atoms with van der Waals surface area (Å²) in [4.78, 5) is 28.0. The third kappa shape index (κ3) is 4.82. The monoisotopic (exact) mass is 407 g/mol. The van der Waals surface area contributed by atoms with Crippen LogP contribution in [0.3, 0.4) is 0 Å². The summed E-state index contributed by atoms with van der Waals surface area (Å²) in [5, 5.41) is 2.98. The number of nitrogens with zero attached hydrogens (tertiary/aromatic N) is 1. The summed E-state index contributed by atoms with van der Waals surface area (Å²) in [6.07, 6.45) is 5.67. The molecule has 0 aliphatic carbocycles. The minimum Gasteiger partial charge on any atom is -0.372 e. The van der Waals surface area contributed by atoms with Crippen molar-refractivity contribution in [3.63, 3.8) is 0 Å². The van der Waals surface area contributed by atoms with E-state index in [0.29, 0.717) is 13.0 Å². The molecule has 1 unspecified atom stereocenters. The summed E-state index contributed by atoms with van der Waals surface area (Å²) < 4.78 is 0. The van der Waals surface area contributed by atoms with Crippen molar-refractivity contribution in [3.05, 3.63) is 59.7 Å². The van der Waals surface area contributed by atoms with E-state index in [2.05, 4.69) is 28.4 Å². The molecular weight excluding hydrogens is 376 g/mol. The predicted octanol–water partition coefficient (Wildman–Crippen LogP) is 1.50. The summed E-state index contributed by atoms with van der Waals surface area (Å²) in [7, 11) is 0. The highest BCUT2D eigenvalue weighted by Crippen LogP contribution is 2.21. The molecule has 2 aliphatic rings. The Bertz CT molecular complexity index is 888. The fourth-order valence-corrected chi connectivity index (χ4v) is 4.64. The standard InChI is InChI=1S/C24H30N4O2/c25-24(30)22-15-18-7-3-4-8-19(18)16-28(22)17-23(29)26-20-9-11-21(12-10-20)27-13-5-1-2-6-14-27/h3-4,7-12,22H,1-2,5-6,13-17H2,(H2,25,30)(H,26,29)/p+1/t22-/m0/s1. The van der Waals surface area contributed by atoms with Gasteiger partial charge in [0.15, 0.2) is 12.6 Å². The molecule has 0 radical (unpaired) electrons. The number of quaternary nitrogens is 1. The van der Waals surface area contributed by atoms with Crippen LogP contribution in [0.2, 0.25) is 0 Å². The Morgan fingerprint density at radius 2 is 1.63 bits per heavy atom. The fraction of sp³-hybridized carbons (Fsp3) is 0.417. The number of fused-ring (bicyclic) bond motifs is 1. The van der Waals surface area contributed by atoms with E-state index in [9.17, 15) is 9.59 Å². The number of carbonyl (C=O) groups is 2. The van der Waals surface area contributed by atoms with E-state index in [1.165, 1.54) is 36.9 Å². The van der Waals surface area contributed by atoms with Gasteiger partial charge in [-0.05, 0) is 42.7 Å². The molecule has 0 spiro atoms. The third-order valence-corrected chi connectivity index (χ3v) is 6.31. The molecule has 0 saturated carbocycles. The number of primary amides is 1. The zero-order chi connectivity index (χ0) is 20.9. The molecule has 1 saturated heterocycles. The maximum absolute atomic E-state index is 12.7. The molecule has 2 aliphatic heterocycles. The van der Waals surface area contributed by atoms with E-state index in [4.69, 9.17) is 5.73 Å². The molecular formula is C24H31N4O2+. The highest BCUT2D eigenvalue weighted by atomic mass is 16.2. The lowest BCUT2D eigenvalue weighted by molar-refractivity contribution is -0.923. The molecule has 6 nitrogen and oxygen atoms in total. The maximum Gasteiger partial charge on any atom is 0.279 e. The first kappa shape index (κ1) is 20.4. The van der Waals surface area contributed by atoms with Crippen LogP contribution in [-0.2, 0) is 22.6 Å². The van der Waals surface area contributed by atoms with Crippen LogP contribution in [0.5, 0.6) is 0 Å². The van der Waals surface area contributed by atoms with Gasteiger partial charge in [-0.25, -0.2) is 0 Å². The van der Waals surface area contributed by atoms with Crippen LogP contribution < -0.4 is 20.9 Å². The summed E-state index contributed by atoms with van der Waals surface area (Å²) in [6, 6.07) is 15.8. The van der Waals surface area contributed by atoms with Gasteiger partial charge in [-0.15, -0.1) is 0 Å². The second-order valence-electron chi connectivity index (χ2n) is 8.44. The van der Waals surface area contributed by atoms with Gasteiger partial charge < -0.3 is 20.9 Å². The number of benzene rings is 2. The molecule has 4 rings (SSSR count). The van der Waals surface area contributed by atoms with E-state index in [1.807, 2.05) is 30.3 Å². The molecule has 158 valence electrons. The molecule has 30 heavy (non-hydrogen) atoms. The molecule has 0 bridgehead atoms. The second-order valence-corrected chi connectivity index (χ2v) is 8.44. The van der Waals surface area contributed by atoms with Crippen molar-refractivity contribution in [2.24, 2.45) is 5.73 Å². The molecule has 2 aromatic carbocycles. The van der Waals surface area contributed by atoms with Crippen LogP contribution in [0.15, 0.2) is 48.5 Å². The van der Waals surface area contributed by atoms with Crippen LogP contribution in [0.4, 0.5) is 11.4 Å². The lowest BCUT2D eigenvalue weighted by Gasteiger charge is -2.31. The number of rotatable bonds is 5. The van der Waals surface area contributed by atoms with Crippen LogP contribution in [0, 0.1) is 0 Å². The van der Waals surface area contributed by atoms with Crippen molar-refractivity contribution in [1.29, 1.82) is 0 Å². The zero-order valence-corrected chi connectivity index (χ0v) is 17.4. The molecule has 4 N–H and O–H groups in total. The first-order valence-corrected chi connectivity index (χ1v) is 11.0. The summed E-state index contributed by atoms with van der Waals surface area (Å²) in [5.41, 5.74) is 9.97. The Labute approximate surface area is 178 Å². The van der Waals surface area contributed by atoms with E-state index in [-0.39, 0.29) is 24.4 Å². The largest absolute Gasteiger partial charge is 0.372 e. The third-order valence-electron chi connectivity index (χ3n) is 6.31. The molecule has 6 heteroatoms. The van der Waals surface area contributed by atoms with Crippen molar-refractivity contribution in [1.82, 2.24) is 0 Å². The van der Waals surface area contributed by atoms with E-state index < -0.39 is 0 Å². The topological polar surface area (TPSA) is 79.9 Å². The highest BCUT2D eigenvalue weighted by Gasteiger charge is 2.34. The molecule has 1 fully saturated rings. The van der Waals surface area contributed by atoms with Gasteiger partial charge in [0.1, 0.15) is 6.54 Å². The van der Waals surface area contributed by atoms with Crippen molar-refractivity contribution >= 4 is 23.2 Å². The lowest BCUT2D eigenvalue weighted by atomic mass is 9.93. The highest BCUT2D eigenvalue weighted by molar-refractivity contribution is 5.92. The Morgan fingerprint density at radius 1 is 0.967 bits per heavy atom. The summed E-state index contributed by atoms with van der Waals surface area (Å²) >= 11 is 0. The Balaban J connectivity index is 1.38. The summed E-state index contributed by atoms with van der Waals surface area (Å²) in [6.45, 7) is 3.04. The SMILES string of the molecule is NC(=O)[C@@H]1Cc2ccccc2C[NH+]1CC(=O)Nc1ccc(N2CCCCCC2)cc1. The van der Waals surface area contributed by atoms with Crippen molar-refractivity contribution < 1.29 is 14.5 Å².